The zero-order valence-corrected chi connectivity index (χ0v) is 25.0. The molecule has 1 fully saturated rings. The van der Waals surface area contributed by atoms with Gasteiger partial charge in [-0.3, -0.25) is 4.79 Å². The van der Waals surface area contributed by atoms with Crippen LogP contribution in [0.1, 0.15) is 57.9 Å². The van der Waals surface area contributed by atoms with E-state index in [9.17, 15) is 9.59 Å². The summed E-state index contributed by atoms with van der Waals surface area (Å²) in [5.74, 6) is 1.05. The van der Waals surface area contributed by atoms with E-state index in [2.05, 4.69) is 26.0 Å². The van der Waals surface area contributed by atoms with Gasteiger partial charge in [-0.15, -0.1) is 5.10 Å². The molecular formula is C28H41N9O4. The summed E-state index contributed by atoms with van der Waals surface area (Å²) < 4.78 is 12.8. The van der Waals surface area contributed by atoms with E-state index in [-0.39, 0.29) is 30.4 Å². The molecule has 1 saturated heterocycles. The minimum atomic E-state index is -0.610. The van der Waals surface area contributed by atoms with E-state index in [0.29, 0.717) is 38.2 Å². The number of fused-ring (bicyclic) bond motifs is 1. The molecule has 0 aromatic carbocycles. The number of aryl methyl sites for hydroxylation is 1. The molecule has 13 nitrogen and oxygen atoms in total. The number of amides is 2. The van der Waals surface area contributed by atoms with Crippen molar-refractivity contribution in [1.82, 2.24) is 34.4 Å². The van der Waals surface area contributed by atoms with Crippen LogP contribution in [0.2, 0.25) is 0 Å². The van der Waals surface area contributed by atoms with Crippen LogP contribution in [0.15, 0.2) is 18.5 Å². The molecule has 41 heavy (non-hydrogen) atoms. The van der Waals surface area contributed by atoms with Gasteiger partial charge in [0.2, 0.25) is 5.91 Å². The molecule has 3 aromatic heterocycles. The van der Waals surface area contributed by atoms with Gasteiger partial charge in [0.1, 0.15) is 18.0 Å². The molecule has 3 aromatic rings. The number of carbonyl (C=O) groups excluding carboxylic acids is 2. The largest absolute Gasteiger partial charge is 0.459 e. The van der Waals surface area contributed by atoms with Crippen LogP contribution in [0, 0.1) is 6.92 Å². The second-order valence-electron chi connectivity index (χ2n) is 11.5. The first kappa shape index (κ1) is 29.8. The van der Waals surface area contributed by atoms with Gasteiger partial charge >= 0.3 is 12.1 Å². The standard InChI is InChI=1S/C28H41N9O4/c1-8-19(3)40-26-32-23(29)25-31-16-21(37(25)33-26)14-20-13-18(2)24(30-15-20)36-11-9-35(10-12-36)22(38)17-34(7)27(39)41-28(4,5)6/h13,15-16,19H,8-12,14,17H2,1-7H3,(H2,29,32,33)/t19-/m0/s1. The van der Waals surface area contributed by atoms with Gasteiger partial charge in [-0.1, -0.05) is 13.0 Å². The zero-order chi connectivity index (χ0) is 29.9. The molecule has 2 amide bonds. The van der Waals surface area contributed by atoms with E-state index in [4.69, 9.17) is 20.2 Å². The summed E-state index contributed by atoms with van der Waals surface area (Å²) in [5, 5.41) is 4.51. The highest BCUT2D eigenvalue weighted by Gasteiger charge is 2.26. The highest BCUT2D eigenvalue weighted by Crippen LogP contribution is 2.23. The third kappa shape index (κ3) is 7.33. The molecule has 2 N–H and O–H groups in total. The number of nitrogen functional groups attached to an aromatic ring is 1. The van der Waals surface area contributed by atoms with E-state index < -0.39 is 11.7 Å². The molecule has 1 atom stereocenters. The number of pyridine rings is 1. The molecule has 0 saturated carbocycles. The van der Waals surface area contributed by atoms with Gasteiger partial charge < -0.3 is 29.9 Å². The summed E-state index contributed by atoms with van der Waals surface area (Å²) in [5.41, 5.74) is 8.89. The quantitative estimate of drug-likeness (QED) is 0.431. The highest BCUT2D eigenvalue weighted by molar-refractivity contribution is 5.82. The van der Waals surface area contributed by atoms with Crippen LogP contribution in [0.3, 0.4) is 0 Å². The predicted octanol–water partition coefficient (Wildman–Crippen LogP) is 2.69. The Bertz CT molecular complexity index is 1390. The maximum atomic E-state index is 12.8. The lowest BCUT2D eigenvalue weighted by molar-refractivity contribution is -0.132. The fourth-order valence-corrected chi connectivity index (χ4v) is 4.50. The molecule has 0 radical (unpaired) electrons. The number of likely N-dealkylation sites (N-methyl/N-ethyl adjacent to an activating group) is 1. The van der Waals surface area contributed by atoms with Crippen LogP contribution < -0.4 is 15.4 Å². The summed E-state index contributed by atoms with van der Waals surface area (Å²) in [6.45, 7) is 13.8. The van der Waals surface area contributed by atoms with E-state index in [0.717, 1.165) is 29.1 Å². The number of ether oxygens (including phenoxy) is 2. The zero-order valence-electron chi connectivity index (χ0n) is 25.0. The number of aromatic nitrogens is 5. The van der Waals surface area contributed by atoms with E-state index in [1.807, 2.05) is 27.0 Å². The number of piperazine rings is 1. The van der Waals surface area contributed by atoms with Crippen molar-refractivity contribution in [2.45, 2.75) is 66.1 Å². The molecule has 0 spiro atoms. The number of carbonyl (C=O) groups is 2. The summed E-state index contributed by atoms with van der Waals surface area (Å²) in [6, 6.07) is 2.33. The second kappa shape index (κ2) is 12.1. The average Bonchev–Trinajstić information content (AvgIpc) is 3.30. The van der Waals surface area contributed by atoms with Gasteiger partial charge in [0.15, 0.2) is 11.5 Å². The Labute approximate surface area is 240 Å². The van der Waals surface area contributed by atoms with Crippen molar-refractivity contribution in [3.05, 3.63) is 35.3 Å². The van der Waals surface area contributed by atoms with Crippen molar-refractivity contribution in [3.8, 4) is 6.01 Å². The van der Waals surface area contributed by atoms with Crippen LogP contribution in [0.4, 0.5) is 16.4 Å². The molecule has 0 aliphatic carbocycles. The van der Waals surface area contributed by atoms with Crippen molar-refractivity contribution in [1.29, 1.82) is 0 Å². The van der Waals surface area contributed by atoms with Gasteiger partial charge in [0.05, 0.1) is 18.0 Å². The van der Waals surface area contributed by atoms with Gasteiger partial charge in [0.25, 0.3) is 0 Å². The Balaban J connectivity index is 1.37. The van der Waals surface area contributed by atoms with Gasteiger partial charge in [-0.2, -0.15) is 4.98 Å². The molecule has 4 heterocycles. The van der Waals surface area contributed by atoms with Crippen molar-refractivity contribution in [2.24, 2.45) is 0 Å². The number of nitrogens with zero attached hydrogens (tertiary/aromatic N) is 8. The number of nitrogens with two attached hydrogens (primary N) is 1. The highest BCUT2D eigenvalue weighted by atomic mass is 16.6. The third-order valence-electron chi connectivity index (χ3n) is 6.82. The number of imidazole rings is 1. The molecular weight excluding hydrogens is 526 g/mol. The number of hydrogen-bond acceptors (Lipinski definition) is 10. The van der Waals surface area contributed by atoms with Crippen LogP contribution in [-0.4, -0.2) is 97.8 Å². The molecule has 0 unspecified atom stereocenters. The van der Waals surface area contributed by atoms with E-state index in [1.54, 1.807) is 43.4 Å². The van der Waals surface area contributed by atoms with E-state index >= 15 is 0 Å². The van der Waals surface area contributed by atoms with Crippen LogP contribution in [0.25, 0.3) is 5.65 Å². The predicted molar refractivity (Wildman–Crippen MR) is 155 cm³/mol. The maximum absolute atomic E-state index is 12.8. The van der Waals surface area contributed by atoms with Gasteiger partial charge in [-0.05, 0) is 52.2 Å². The van der Waals surface area contributed by atoms with Gasteiger partial charge in [-0.25, -0.2) is 19.3 Å². The molecule has 1 aliphatic rings. The third-order valence-corrected chi connectivity index (χ3v) is 6.82. The minimum Gasteiger partial charge on any atom is -0.459 e. The lowest BCUT2D eigenvalue weighted by Gasteiger charge is -2.36. The van der Waals surface area contributed by atoms with Crippen LogP contribution in [-0.2, 0) is 16.0 Å². The normalized spacial score (nSPS) is 14.7. The summed E-state index contributed by atoms with van der Waals surface area (Å²) >= 11 is 0. The van der Waals surface area contributed by atoms with Crippen molar-refractivity contribution in [2.75, 3.05) is 50.4 Å². The van der Waals surface area contributed by atoms with Crippen LogP contribution >= 0.6 is 0 Å². The van der Waals surface area contributed by atoms with Crippen molar-refractivity contribution >= 4 is 29.3 Å². The fourth-order valence-electron chi connectivity index (χ4n) is 4.50. The fraction of sp³-hybridized carbons (Fsp3) is 0.571. The van der Waals surface area contributed by atoms with Crippen molar-refractivity contribution < 1.29 is 19.1 Å². The van der Waals surface area contributed by atoms with Crippen molar-refractivity contribution in [3.63, 3.8) is 0 Å². The number of rotatable bonds is 8. The summed E-state index contributed by atoms with van der Waals surface area (Å²) in [4.78, 5) is 43.7. The molecule has 0 bridgehead atoms. The van der Waals surface area contributed by atoms with Gasteiger partial charge in [0, 0.05) is 45.8 Å². The number of anilines is 2. The summed E-state index contributed by atoms with van der Waals surface area (Å²) in [6.07, 6.45) is 4.44. The number of hydrogen-bond donors (Lipinski definition) is 1. The minimum absolute atomic E-state index is 0.0218. The molecule has 4 rings (SSSR count). The first-order chi connectivity index (χ1) is 19.3. The Morgan fingerprint density at radius 2 is 1.85 bits per heavy atom. The molecule has 222 valence electrons. The first-order valence-corrected chi connectivity index (χ1v) is 13.9. The average molecular weight is 568 g/mol. The molecule has 1 aliphatic heterocycles. The van der Waals surface area contributed by atoms with E-state index in [1.165, 1.54) is 4.90 Å². The summed E-state index contributed by atoms with van der Waals surface area (Å²) in [7, 11) is 1.57. The Morgan fingerprint density at radius 3 is 2.49 bits per heavy atom. The Kier molecular flexibility index (Phi) is 8.83. The smallest absolute Gasteiger partial charge is 0.410 e. The lowest BCUT2D eigenvalue weighted by atomic mass is 10.1. The second-order valence-corrected chi connectivity index (χ2v) is 11.5. The monoisotopic (exact) mass is 567 g/mol. The Hall–Kier alpha value is -4.16. The Morgan fingerprint density at radius 1 is 1.15 bits per heavy atom. The maximum Gasteiger partial charge on any atom is 0.410 e. The molecule has 13 heteroatoms. The van der Waals surface area contributed by atoms with Crippen LogP contribution in [0.5, 0.6) is 6.01 Å². The first-order valence-electron chi connectivity index (χ1n) is 13.9. The lowest BCUT2D eigenvalue weighted by Crippen LogP contribution is -2.52. The SMILES string of the molecule is CC[C@H](C)Oc1nc(N)c2ncc(Cc3cnc(N4CCN(C(=O)CN(C)C(=O)OC(C)(C)C)CC4)c(C)c3)n2n1. The topological polar surface area (TPSA) is 144 Å².